The SMILES string of the molecule is CC(C)N(C)[C@@H]1CC[C@H](CO)NC1.COCCCOc1cc(C=O)nc2c(F)cccc12. The second-order valence-electron chi connectivity index (χ2n) is 8.27. The summed E-state index contributed by atoms with van der Waals surface area (Å²) in [5.41, 5.74) is 0.299. The van der Waals surface area contributed by atoms with Crippen molar-refractivity contribution in [1.82, 2.24) is 15.2 Å². The number of benzene rings is 1. The van der Waals surface area contributed by atoms with E-state index < -0.39 is 5.82 Å². The van der Waals surface area contributed by atoms with E-state index in [-0.39, 0.29) is 17.8 Å². The van der Waals surface area contributed by atoms with Crippen molar-refractivity contribution in [3.05, 3.63) is 35.8 Å². The van der Waals surface area contributed by atoms with Crippen molar-refractivity contribution in [3.63, 3.8) is 0 Å². The number of aliphatic hydroxyl groups is 1. The van der Waals surface area contributed by atoms with E-state index in [0.29, 0.717) is 55.2 Å². The Kier molecular flexibility index (Phi) is 11.0. The van der Waals surface area contributed by atoms with E-state index in [0.717, 1.165) is 13.0 Å². The van der Waals surface area contributed by atoms with Gasteiger partial charge in [0.1, 0.15) is 22.8 Å². The van der Waals surface area contributed by atoms with E-state index in [1.54, 1.807) is 19.2 Å². The maximum absolute atomic E-state index is 13.7. The lowest BCUT2D eigenvalue weighted by molar-refractivity contribution is 0.111. The number of nitrogens with zero attached hydrogens (tertiary/aromatic N) is 2. The fraction of sp³-hybridized carbons (Fsp3) is 0.583. The van der Waals surface area contributed by atoms with Gasteiger partial charge in [-0.1, -0.05) is 6.07 Å². The van der Waals surface area contributed by atoms with E-state index in [1.807, 2.05) is 0 Å². The van der Waals surface area contributed by atoms with Crippen molar-refractivity contribution < 1.29 is 23.8 Å². The van der Waals surface area contributed by atoms with Crippen LogP contribution in [-0.2, 0) is 4.74 Å². The van der Waals surface area contributed by atoms with Gasteiger partial charge in [-0.3, -0.25) is 9.69 Å². The summed E-state index contributed by atoms with van der Waals surface area (Å²) in [6, 6.07) is 7.70. The van der Waals surface area contributed by atoms with Gasteiger partial charge in [-0.05, 0) is 45.9 Å². The van der Waals surface area contributed by atoms with Gasteiger partial charge in [-0.2, -0.15) is 0 Å². The molecule has 8 heteroatoms. The third kappa shape index (κ3) is 7.48. The molecule has 0 amide bonds. The summed E-state index contributed by atoms with van der Waals surface area (Å²) in [4.78, 5) is 17.2. The molecule has 3 rings (SSSR count). The summed E-state index contributed by atoms with van der Waals surface area (Å²) >= 11 is 0. The first-order valence-corrected chi connectivity index (χ1v) is 11.1. The van der Waals surface area contributed by atoms with Crippen molar-refractivity contribution in [2.24, 2.45) is 0 Å². The molecule has 0 spiro atoms. The zero-order chi connectivity index (χ0) is 23.5. The molecule has 0 unspecified atom stereocenters. The van der Waals surface area contributed by atoms with Crippen LogP contribution in [0.1, 0.15) is 43.6 Å². The summed E-state index contributed by atoms with van der Waals surface area (Å²) in [7, 11) is 3.79. The van der Waals surface area contributed by atoms with Gasteiger partial charge in [0.05, 0.1) is 13.2 Å². The molecule has 1 aromatic heterocycles. The van der Waals surface area contributed by atoms with Crippen LogP contribution in [0.15, 0.2) is 24.3 Å². The van der Waals surface area contributed by atoms with E-state index >= 15 is 0 Å². The maximum Gasteiger partial charge on any atom is 0.168 e. The highest BCUT2D eigenvalue weighted by atomic mass is 19.1. The molecule has 2 N–H and O–H groups in total. The lowest BCUT2D eigenvalue weighted by atomic mass is 9.99. The minimum Gasteiger partial charge on any atom is -0.493 e. The second kappa shape index (κ2) is 13.4. The van der Waals surface area contributed by atoms with Gasteiger partial charge in [0.2, 0.25) is 0 Å². The predicted molar refractivity (Wildman–Crippen MR) is 124 cm³/mol. The number of carbonyl (C=O) groups is 1. The van der Waals surface area contributed by atoms with Gasteiger partial charge in [-0.15, -0.1) is 0 Å². The number of aromatic nitrogens is 1. The Morgan fingerprint density at radius 2 is 2.12 bits per heavy atom. The zero-order valence-corrected chi connectivity index (χ0v) is 19.5. The number of ether oxygens (including phenoxy) is 2. The quantitative estimate of drug-likeness (QED) is 0.450. The fourth-order valence-electron chi connectivity index (χ4n) is 3.59. The third-order valence-corrected chi connectivity index (χ3v) is 5.74. The highest BCUT2D eigenvalue weighted by molar-refractivity contribution is 5.89. The molecule has 1 aromatic carbocycles. The Morgan fingerprint density at radius 1 is 1.34 bits per heavy atom. The molecule has 7 nitrogen and oxygen atoms in total. The monoisotopic (exact) mass is 449 g/mol. The average Bonchev–Trinajstić information content (AvgIpc) is 2.82. The molecule has 1 fully saturated rings. The number of halogens is 1. The van der Waals surface area contributed by atoms with Crippen LogP contribution >= 0.6 is 0 Å². The summed E-state index contributed by atoms with van der Waals surface area (Å²) in [6.07, 6.45) is 3.59. The number of methoxy groups -OCH3 is 1. The first-order valence-electron chi connectivity index (χ1n) is 11.1. The smallest absolute Gasteiger partial charge is 0.168 e. The van der Waals surface area contributed by atoms with Gasteiger partial charge >= 0.3 is 0 Å². The molecule has 2 heterocycles. The van der Waals surface area contributed by atoms with Gasteiger partial charge in [-0.25, -0.2) is 9.37 Å². The van der Waals surface area contributed by atoms with Crippen molar-refractivity contribution in [2.75, 3.05) is 40.5 Å². The maximum atomic E-state index is 13.7. The largest absolute Gasteiger partial charge is 0.493 e. The number of carbonyl (C=O) groups excluding carboxylic acids is 1. The molecule has 1 aliphatic heterocycles. The normalized spacial score (nSPS) is 18.5. The topological polar surface area (TPSA) is 83.9 Å². The summed E-state index contributed by atoms with van der Waals surface area (Å²) in [5.74, 6) is -0.00866. The molecule has 1 aliphatic rings. The zero-order valence-electron chi connectivity index (χ0n) is 19.5. The number of para-hydroxylation sites is 1. The number of likely N-dealkylation sites (N-methyl/N-ethyl adjacent to an activating group) is 1. The van der Waals surface area contributed by atoms with Gasteiger partial charge in [0.15, 0.2) is 6.29 Å². The van der Waals surface area contributed by atoms with Crippen LogP contribution in [0.4, 0.5) is 4.39 Å². The van der Waals surface area contributed by atoms with Gasteiger partial charge in [0, 0.05) is 56.3 Å². The van der Waals surface area contributed by atoms with Gasteiger partial charge in [0.25, 0.3) is 0 Å². The lowest BCUT2D eigenvalue weighted by Crippen LogP contribution is -2.51. The highest BCUT2D eigenvalue weighted by Gasteiger charge is 2.23. The number of hydrogen-bond donors (Lipinski definition) is 2. The molecule has 0 bridgehead atoms. The Hall–Kier alpha value is -2.13. The molecule has 178 valence electrons. The fourth-order valence-corrected chi connectivity index (χ4v) is 3.59. The molecule has 2 aromatic rings. The number of aliphatic hydroxyl groups excluding tert-OH is 1. The first-order chi connectivity index (χ1) is 15.4. The Bertz CT molecular complexity index is 841. The number of piperidine rings is 1. The van der Waals surface area contributed by atoms with Crippen LogP contribution in [0.5, 0.6) is 5.75 Å². The van der Waals surface area contributed by atoms with E-state index in [4.69, 9.17) is 14.6 Å². The summed E-state index contributed by atoms with van der Waals surface area (Å²) in [5, 5.41) is 12.9. The number of aldehydes is 1. The van der Waals surface area contributed by atoms with E-state index in [1.165, 1.54) is 18.6 Å². The Balaban J connectivity index is 0.000000244. The number of rotatable bonds is 9. The molecule has 0 radical (unpaired) electrons. The molecular weight excluding hydrogens is 413 g/mol. The number of pyridine rings is 1. The van der Waals surface area contributed by atoms with Crippen molar-refractivity contribution in [3.8, 4) is 5.75 Å². The standard InChI is InChI=1S/C14H14FNO3.C10H22N2O/c1-18-6-3-7-19-13-8-10(9-17)16-14-11(13)4-2-5-12(14)15;1-8(2)12(3)10-5-4-9(7-13)11-6-10/h2,4-5,8-9H,3,6-7H2,1H3;8-11,13H,4-7H2,1-3H3/t;9-,10-/m.1/s1. The number of hydrogen-bond acceptors (Lipinski definition) is 7. The summed E-state index contributed by atoms with van der Waals surface area (Å²) < 4.78 is 24.2. The molecule has 0 saturated carbocycles. The minimum absolute atomic E-state index is 0.147. The average molecular weight is 450 g/mol. The molecule has 1 saturated heterocycles. The van der Waals surface area contributed by atoms with Gasteiger partial charge < -0.3 is 19.9 Å². The molecular formula is C24H36FN3O4. The lowest BCUT2D eigenvalue weighted by Gasteiger charge is -2.37. The minimum atomic E-state index is -0.469. The number of nitrogens with one attached hydrogen (secondary N) is 1. The molecule has 2 atom stereocenters. The molecule has 0 aliphatic carbocycles. The van der Waals surface area contributed by atoms with Crippen LogP contribution < -0.4 is 10.1 Å². The highest BCUT2D eigenvalue weighted by Crippen LogP contribution is 2.27. The number of fused-ring (bicyclic) bond motifs is 1. The first kappa shape index (κ1) is 26.1. The Labute approximate surface area is 189 Å². The van der Waals surface area contributed by atoms with Crippen LogP contribution in [0, 0.1) is 5.82 Å². The van der Waals surface area contributed by atoms with Crippen LogP contribution in [0.25, 0.3) is 10.9 Å². The molecule has 32 heavy (non-hydrogen) atoms. The predicted octanol–water partition coefficient (Wildman–Crippen LogP) is 3.04. The van der Waals surface area contributed by atoms with Crippen molar-refractivity contribution in [1.29, 1.82) is 0 Å². The summed E-state index contributed by atoms with van der Waals surface area (Å²) in [6.45, 7) is 6.74. The van der Waals surface area contributed by atoms with Crippen LogP contribution in [0.3, 0.4) is 0 Å². The third-order valence-electron chi connectivity index (χ3n) is 5.74. The van der Waals surface area contributed by atoms with Crippen molar-refractivity contribution >= 4 is 17.2 Å². The Morgan fingerprint density at radius 3 is 2.72 bits per heavy atom. The van der Waals surface area contributed by atoms with E-state index in [9.17, 15) is 9.18 Å². The van der Waals surface area contributed by atoms with E-state index in [2.05, 4.69) is 36.1 Å². The second-order valence-corrected chi connectivity index (χ2v) is 8.27. The van der Waals surface area contributed by atoms with Crippen LogP contribution in [0.2, 0.25) is 0 Å². The van der Waals surface area contributed by atoms with Crippen LogP contribution in [-0.4, -0.2) is 79.9 Å². The van der Waals surface area contributed by atoms with Crippen molar-refractivity contribution in [2.45, 2.75) is 51.2 Å².